The summed E-state index contributed by atoms with van der Waals surface area (Å²) in [6.45, 7) is 8.80. The highest BCUT2D eigenvalue weighted by molar-refractivity contribution is 5.48. The van der Waals surface area contributed by atoms with Gasteiger partial charge in [0.15, 0.2) is 0 Å². The molecule has 1 heterocycles. The van der Waals surface area contributed by atoms with E-state index in [0.29, 0.717) is 0 Å². The van der Waals surface area contributed by atoms with Crippen molar-refractivity contribution >= 4 is 5.69 Å². The van der Waals surface area contributed by atoms with Crippen molar-refractivity contribution in [3.63, 3.8) is 0 Å². The first-order valence-corrected chi connectivity index (χ1v) is 7.32. The lowest BCUT2D eigenvalue weighted by atomic mass is 9.92. The lowest BCUT2D eigenvalue weighted by Gasteiger charge is -2.40. The molecule has 112 valence electrons. The largest absolute Gasteiger partial charge is 0.396 e. The fourth-order valence-corrected chi connectivity index (χ4v) is 2.68. The second-order valence-corrected chi connectivity index (χ2v) is 6.23. The van der Waals surface area contributed by atoms with Gasteiger partial charge in [-0.1, -0.05) is 19.1 Å². The summed E-state index contributed by atoms with van der Waals surface area (Å²) in [7, 11) is 0. The van der Waals surface area contributed by atoms with E-state index >= 15 is 0 Å². The topological polar surface area (TPSA) is 46.9 Å². The molecule has 0 amide bonds. The van der Waals surface area contributed by atoms with Crippen molar-refractivity contribution in [1.82, 2.24) is 4.90 Å². The number of benzene rings is 1. The van der Waals surface area contributed by atoms with Crippen molar-refractivity contribution in [3.8, 4) is 0 Å². The van der Waals surface area contributed by atoms with E-state index in [-0.39, 0.29) is 13.2 Å². The minimum absolute atomic E-state index is 0.0294. The zero-order valence-electron chi connectivity index (χ0n) is 12.5. The van der Waals surface area contributed by atoms with Gasteiger partial charge in [-0.2, -0.15) is 0 Å². The Hall–Kier alpha value is -1.10. The molecule has 0 atom stereocenters. The third-order valence-corrected chi connectivity index (χ3v) is 4.11. The lowest BCUT2D eigenvalue weighted by Crippen LogP contribution is -2.51. The highest BCUT2D eigenvalue weighted by Crippen LogP contribution is 2.21. The predicted octanol–water partition coefficient (Wildman–Crippen LogP) is 1.11. The summed E-state index contributed by atoms with van der Waals surface area (Å²) in [6, 6.07) is 8.61. The van der Waals surface area contributed by atoms with Crippen LogP contribution in [0, 0.1) is 12.3 Å². The number of piperazine rings is 1. The number of aryl methyl sites for hydroxylation is 1. The van der Waals surface area contributed by atoms with E-state index in [0.717, 1.165) is 32.7 Å². The van der Waals surface area contributed by atoms with Crippen LogP contribution >= 0.6 is 0 Å². The quantitative estimate of drug-likeness (QED) is 0.847. The fourth-order valence-electron chi connectivity index (χ4n) is 2.68. The first kappa shape index (κ1) is 15.3. The van der Waals surface area contributed by atoms with Gasteiger partial charge in [-0.25, -0.2) is 0 Å². The Morgan fingerprint density at radius 2 is 1.75 bits per heavy atom. The van der Waals surface area contributed by atoms with E-state index < -0.39 is 5.41 Å². The van der Waals surface area contributed by atoms with Gasteiger partial charge in [-0.15, -0.1) is 0 Å². The molecule has 1 saturated heterocycles. The average Bonchev–Trinajstić information content (AvgIpc) is 2.48. The van der Waals surface area contributed by atoms with Crippen LogP contribution in [0.5, 0.6) is 0 Å². The molecule has 1 aliphatic rings. The second-order valence-electron chi connectivity index (χ2n) is 6.23. The minimum atomic E-state index is -0.397. The second kappa shape index (κ2) is 6.57. The van der Waals surface area contributed by atoms with Crippen molar-refractivity contribution in [1.29, 1.82) is 0 Å². The first-order valence-electron chi connectivity index (χ1n) is 7.32. The van der Waals surface area contributed by atoms with Crippen LogP contribution in [0.25, 0.3) is 0 Å². The van der Waals surface area contributed by atoms with Crippen molar-refractivity contribution < 1.29 is 10.2 Å². The summed E-state index contributed by atoms with van der Waals surface area (Å²) in [5, 5.41) is 18.8. The van der Waals surface area contributed by atoms with Gasteiger partial charge >= 0.3 is 0 Å². The Kier molecular flexibility index (Phi) is 5.02. The third kappa shape index (κ3) is 3.72. The summed E-state index contributed by atoms with van der Waals surface area (Å²) < 4.78 is 0. The van der Waals surface area contributed by atoms with Crippen LogP contribution in [-0.4, -0.2) is 61.1 Å². The van der Waals surface area contributed by atoms with Gasteiger partial charge < -0.3 is 15.1 Å². The molecular formula is C16H26N2O2. The van der Waals surface area contributed by atoms with E-state index in [1.165, 1.54) is 11.3 Å². The zero-order valence-corrected chi connectivity index (χ0v) is 12.5. The van der Waals surface area contributed by atoms with Crippen LogP contribution in [0.3, 0.4) is 0 Å². The molecule has 0 radical (unpaired) electrons. The number of rotatable bonds is 5. The minimum Gasteiger partial charge on any atom is -0.396 e. The molecule has 1 aromatic rings. The normalized spacial score (nSPS) is 17.5. The van der Waals surface area contributed by atoms with E-state index in [2.05, 4.69) is 41.0 Å². The maximum Gasteiger partial charge on any atom is 0.0519 e. The smallest absolute Gasteiger partial charge is 0.0519 e. The van der Waals surface area contributed by atoms with E-state index in [1.54, 1.807) is 0 Å². The zero-order chi connectivity index (χ0) is 14.6. The van der Waals surface area contributed by atoms with Gasteiger partial charge in [-0.3, -0.25) is 4.90 Å². The van der Waals surface area contributed by atoms with Crippen molar-refractivity contribution in [3.05, 3.63) is 29.8 Å². The molecule has 1 fully saturated rings. The molecule has 0 aromatic heterocycles. The molecule has 0 spiro atoms. The molecule has 4 heteroatoms. The molecule has 2 N–H and O–H groups in total. The summed E-state index contributed by atoms with van der Waals surface area (Å²) >= 11 is 0. The Balaban J connectivity index is 1.89. The Morgan fingerprint density at radius 3 is 2.30 bits per heavy atom. The van der Waals surface area contributed by atoms with Gasteiger partial charge in [-0.05, 0) is 24.6 Å². The van der Waals surface area contributed by atoms with Crippen LogP contribution in [0.4, 0.5) is 5.69 Å². The number of anilines is 1. The summed E-state index contributed by atoms with van der Waals surface area (Å²) in [4.78, 5) is 4.73. The highest BCUT2D eigenvalue weighted by atomic mass is 16.3. The summed E-state index contributed by atoms with van der Waals surface area (Å²) in [5.74, 6) is 0. The molecule has 0 aliphatic carbocycles. The summed E-state index contributed by atoms with van der Waals surface area (Å²) in [5.41, 5.74) is 2.18. The van der Waals surface area contributed by atoms with E-state index in [9.17, 15) is 10.2 Å². The number of aliphatic hydroxyl groups excluding tert-OH is 2. The molecule has 0 bridgehead atoms. The molecule has 1 aromatic carbocycles. The van der Waals surface area contributed by atoms with Crippen LogP contribution in [-0.2, 0) is 0 Å². The first-order chi connectivity index (χ1) is 9.56. The van der Waals surface area contributed by atoms with E-state index in [4.69, 9.17) is 0 Å². The number of hydrogen-bond donors (Lipinski definition) is 2. The maximum absolute atomic E-state index is 9.38. The van der Waals surface area contributed by atoms with E-state index in [1.807, 2.05) is 6.92 Å². The highest BCUT2D eigenvalue weighted by Gasteiger charge is 2.27. The number of aliphatic hydroxyl groups is 2. The standard InChI is InChI=1S/C16H26N2O2/c1-14-4-3-5-15(10-14)18-8-6-17(7-9-18)11-16(2,12-19)13-20/h3-5,10,19-20H,6-9,11-13H2,1-2H3. The van der Waals surface area contributed by atoms with Crippen molar-refractivity contribution in [2.75, 3.05) is 50.8 Å². The SMILES string of the molecule is Cc1cccc(N2CCN(CC(C)(CO)CO)CC2)c1. The Bertz CT molecular complexity index is 424. The van der Waals surface area contributed by atoms with Crippen molar-refractivity contribution in [2.45, 2.75) is 13.8 Å². The fraction of sp³-hybridized carbons (Fsp3) is 0.625. The van der Waals surface area contributed by atoms with Gasteiger partial charge in [0.25, 0.3) is 0 Å². The van der Waals surface area contributed by atoms with Gasteiger partial charge in [0.2, 0.25) is 0 Å². The van der Waals surface area contributed by atoms with Crippen molar-refractivity contribution in [2.24, 2.45) is 5.41 Å². The predicted molar refractivity (Wildman–Crippen MR) is 82.1 cm³/mol. The molecule has 4 nitrogen and oxygen atoms in total. The van der Waals surface area contributed by atoms with Gasteiger partial charge in [0, 0.05) is 43.8 Å². The summed E-state index contributed by atoms with van der Waals surface area (Å²) in [6.07, 6.45) is 0. The lowest BCUT2D eigenvalue weighted by molar-refractivity contribution is 0.0336. The molecule has 1 aliphatic heterocycles. The van der Waals surface area contributed by atoms with Crippen LogP contribution in [0.1, 0.15) is 12.5 Å². The number of hydrogen-bond acceptors (Lipinski definition) is 4. The maximum atomic E-state index is 9.38. The van der Waals surface area contributed by atoms with Crippen LogP contribution in [0.15, 0.2) is 24.3 Å². The molecular weight excluding hydrogens is 252 g/mol. The van der Waals surface area contributed by atoms with Crippen LogP contribution in [0.2, 0.25) is 0 Å². The third-order valence-electron chi connectivity index (χ3n) is 4.11. The number of nitrogens with zero attached hydrogens (tertiary/aromatic N) is 2. The average molecular weight is 278 g/mol. The Morgan fingerprint density at radius 1 is 1.10 bits per heavy atom. The van der Waals surface area contributed by atoms with Gasteiger partial charge in [0.1, 0.15) is 0 Å². The molecule has 0 saturated carbocycles. The monoisotopic (exact) mass is 278 g/mol. The molecule has 2 rings (SSSR count). The molecule has 20 heavy (non-hydrogen) atoms. The Labute approximate surface area is 121 Å². The molecule has 0 unspecified atom stereocenters. The van der Waals surface area contributed by atoms with Gasteiger partial charge in [0.05, 0.1) is 13.2 Å². The van der Waals surface area contributed by atoms with Crippen LogP contribution < -0.4 is 4.90 Å².